The summed E-state index contributed by atoms with van der Waals surface area (Å²) in [6.07, 6.45) is 14.7. The van der Waals surface area contributed by atoms with Crippen LogP contribution >= 0.6 is 24.8 Å². The summed E-state index contributed by atoms with van der Waals surface area (Å²) in [6.45, 7) is 6.28. The minimum atomic E-state index is 0. The molecule has 2 aliphatic carbocycles. The number of allylic oxidation sites excluding steroid dienone is 8. The molecule has 0 heterocycles. The molecule has 0 saturated carbocycles. The molecular weight excluding hydrogens is 502 g/mol. The smallest absolute Gasteiger partial charge is 0 e. The predicted molar refractivity (Wildman–Crippen MR) is 90.4 cm³/mol. The first-order valence-electron chi connectivity index (χ1n) is 5.84. The zero-order valence-corrected chi connectivity index (χ0v) is 20.2. The van der Waals surface area contributed by atoms with Crippen molar-refractivity contribution in [1.82, 2.24) is 0 Å². The molecule has 4 heteroatoms. The number of hydrogen-bond donors (Lipinski definition) is 0. The third-order valence-corrected chi connectivity index (χ3v) is 2.23. The fourth-order valence-electron chi connectivity index (χ4n) is 1.16. The molecule has 19 heavy (non-hydrogen) atoms. The van der Waals surface area contributed by atoms with Gasteiger partial charge < -0.3 is 0 Å². The van der Waals surface area contributed by atoms with E-state index in [-0.39, 0.29) is 50.7 Å². The fourth-order valence-corrected chi connectivity index (χ4v) is 1.16. The Balaban J connectivity index is -0.0000000877. The minimum Gasteiger partial charge on any atom is 0 e. The van der Waals surface area contributed by atoms with E-state index in [2.05, 4.69) is 62.7 Å². The van der Waals surface area contributed by atoms with E-state index in [9.17, 15) is 0 Å². The molecule has 0 atom stereocenters. The maximum absolute atomic E-state index is 3.19. The molecule has 0 amide bonds. The summed E-state index contributed by atoms with van der Waals surface area (Å²) >= 11 is 0.312. The molecule has 2 rings (SSSR count). The normalized spacial score (nSPS) is 13.8. The van der Waals surface area contributed by atoms with Gasteiger partial charge in [-0.3, -0.25) is 12.2 Å². The molecule has 0 unspecified atom stereocenters. The average Bonchev–Trinajstić information content (AvgIpc) is 2.83. The second-order valence-electron chi connectivity index (χ2n) is 3.94. The van der Waals surface area contributed by atoms with Crippen molar-refractivity contribution in [2.75, 3.05) is 0 Å². The zero-order valence-electron chi connectivity index (χ0n) is 12.5. The Morgan fingerprint density at radius 1 is 1.00 bits per heavy atom. The van der Waals surface area contributed by atoms with Crippen molar-refractivity contribution in [3.05, 3.63) is 47.1 Å². The third kappa shape index (κ3) is 16.9. The van der Waals surface area contributed by atoms with Crippen molar-refractivity contribution < 1.29 is 25.8 Å². The van der Waals surface area contributed by atoms with Crippen molar-refractivity contribution in [2.24, 2.45) is 0 Å². The van der Waals surface area contributed by atoms with Crippen LogP contribution in [0.5, 0.6) is 0 Å². The first-order chi connectivity index (χ1) is 7.61. The van der Waals surface area contributed by atoms with E-state index in [4.69, 9.17) is 0 Å². The first-order valence-corrected chi connectivity index (χ1v) is 10.7. The van der Waals surface area contributed by atoms with Crippen LogP contribution in [0.3, 0.4) is 0 Å². The van der Waals surface area contributed by atoms with Crippen molar-refractivity contribution in [3.63, 3.8) is 0 Å². The predicted octanol–water partition coefficient (Wildman–Crippen LogP) is 5.14. The molecule has 1 radical (unpaired) electrons. The fraction of sp³-hybridized carbons (Fsp3) is 0.467. The van der Waals surface area contributed by atoms with Crippen LogP contribution in [0.15, 0.2) is 34.9 Å². The molecule has 0 saturated heterocycles. The Bertz CT molecular complexity index is 299. The van der Waals surface area contributed by atoms with Gasteiger partial charge in [-0.2, -0.15) is 12.2 Å². The van der Waals surface area contributed by atoms with Gasteiger partial charge in [0, 0.05) is 25.8 Å². The van der Waals surface area contributed by atoms with Crippen LogP contribution in [-0.4, -0.2) is 15.4 Å². The van der Waals surface area contributed by atoms with E-state index >= 15 is 0 Å². The molecule has 0 fully saturated rings. The van der Waals surface area contributed by atoms with Gasteiger partial charge in [-0.15, -0.1) is 44.6 Å². The summed E-state index contributed by atoms with van der Waals surface area (Å²) < 4.78 is 0. The van der Waals surface area contributed by atoms with Gasteiger partial charge in [-0.05, 0) is 0 Å². The molecule has 0 bridgehead atoms. The van der Waals surface area contributed by atoms with E-state index in [1.54, 1.807) is 0 Å². The first kappa shape index (κ1) is 28.2. The largest absolute Gasteiger partial charge is 0 e. The zero-order chi connectivity index (χ0) is 12.4. The SMILES string of the molecule is CC1=[C-]CC=C1.CC1=[C-]CC=C1C.Cl.Cl.[CH3][GeH][CH3].[Hf]. The third-order valence-electron chi connectivity index (χ3n) is 2.23. The molecule has 0 spiro atoms. The van der Waals surface area contributed by atoms with Crippen molar-refractivity contribution in [1.29, 1.82) is 0 Å². The molecule has 0 aromatic rings. The Morgan fingerprint density at radius 2 is 1.53 bits per heavy atom. The van der Waals surface area contributed by atoms with Gasteiger partial charge in [-0.1, -0.05) is 13.8 Å². The standard InChI is InChI=1S/C7H9.C6H7.C2H7Ge.2ClH.Hf/c1-6-4-3-5-7(6)2;1-6-4-2-3-5-6;1-3-2;;;/h4H,3H2,1-2H3;2,4H,3H2,1H3;3H,1-2H3;2*1H;/q2*-1;;;;. The van der Waals surface area contributed by atoms with E-state index in [0.717, 1.165) is 12.8 Å². The molecule has 109 valence electrons. The van der Waals surface area contributed by atoms with Gasteiger partial charge in [0.25, 0.3) is 0 Å². The molecule has 0 aromatic carbocycles. The van der Waals surface area contributed by atoms with Gasteiger partial charge in [0.15, 0.2) is 0 Å². The number of hydrogen-bond acceptors (Lipinski definition) is 0. The maximum Gasteiger partial charge on any atom is 0 e. The van der Waals surface area contributed by atoms with Crippen molar-refractivity contribution in [3.8, 4) is 0 Å². The van der Waals surface area contributed by atoms with Gasteiger partial charge >= 0.3 is 26.9 Å². The van der Waals surface area contributed by atoms with E-state index in [1.165, 1.54) is 16.7 Å². The average molecular weight is 527 g/mol. The van der Waals surface area contributed by atoms with Gasteiger partial charge in [0.05, 0.1) is 0 Å². The van der Waals surface area contributed by atoms with Gasteiger partial charge in [-0.25, -0.2) is 22.8 Å². The van der Waals surface area contributed by atoms with Crippen LogP contribution in [0.2, 0.25) is 11.5 Å². The summed E-state index contributed by atoms with van der Waals surface area (Å²) in [7, 11) is 0. The minimum absolute atomic E-state index is 0. The van der Waals surface area contributed by atoms with Crippen LogP contribution in [0.4, 0.5) is 0 Å². The summed E-state index contributed by atoms with van der Waals surface area (Å²) in [6, 6.07) is 0. The molecule has 0 N–H and O–H groups in total. The Hall–Kier alpha value is 0.953. The molecule has 0 nitrogen and oxygen atoms in total. The van der Waals surface area contributed by atoms with Crippen LogP contribution in [-0.2, 0) is 25.8 Å². The Kier molecular flexibility index (Phi) is 28.1. The van der Waals surface area contributed by atoms with Crippen molar-refractivity contribution >= 4 is 40.2 Å². The molecule has 0 aromatic heterocycles. The second-order valence-corrected chi connectivity index (χ2v) is 6.36. The van der Waals surface area contributed by atoms with Crippen LogP contribution in [0.25, 0.3) is 0 Å². The van der Waals surface area contributed by atoms with Gasteiger partial charge in [0.1, 0.15) is 0 Å². The quantitative estimate of drug-likeness (QED) is 0.303. The molecule has 0 aliphatic heterocycles. The topological polar surface area (TPSA) is 0 Å². The summed E-state index contributed by atoms with van der Waals surface area (Å²) in [5.74, 6) is 4.56. The van der Waals surface area contributed by atoms with Crippen molar-refractivity contribution in [2.45, 2.75) is 45.1 Å². The number of rotatable bonds is 0. The Morgan fingerprint density at radius 3 is 1.63 bits per heavy atom. The van der Waals surface area contributed by atoms with Crippen LogP contribution in [0, 0.1) is 12.2 Å². The van der Waals surface area contributed by atoms with E-state index < -0.39 is 0 Å². The summed E-state index contributed by atoms with van der Waals surface area (Å²) in [5.41, 5.74) is 3.98. The Labute approximate surface area is 157 Å². The van der Waals surface area contributed by atoms with E-state index in [0.29, 0.717) is 15.4 Å². The summed E-state index contributed by atoms with van der Waals surface area (Å²) in [5, 5.41) is 0. The molecular formula is C15H25Cl2GeHf-2. The monoisotopic (exact) mass is 529 g/mol. The second kappa shape index (κ2) is 19.0. The molecule has 2 aliphatic rings. The van der Waals surface area contributed by atoms with Crippen LogP contribution < -0.4 is 0 Å². The van der Waals surface area contributed by atoms with E-state index in [1.807, 2.05) is 0 Å². The van der Waals surface area contributed by atoms with Crippen LogP contribution in [0.1, 0.15) is 33.6 Å². The summed E-state index contributed by atoms with van der Waals surface area (Å²) in [4.78, 5) is 0. The van der Waals surface area contributed by atoms with Gasteiger partial charge in [0.2, 0.25) is 0 Å². The maximum atomic E-state index is 3.19. The number of halogens is 2.